The Bertz CT molecular complexity index is 340. The third kappa shape index (κ3) is 2.67. The largest absolute Gasteiger partial charge is 0.356 e. The fourth-order valence-corrected chi connectivity index (χ4v) is 2.55. The number of hydrogen-bond donors (Lipinski definition) is 0. The highest BCUT2D eigenvalue weighted by atomic mass is 35.5. The van der Waals surface area contributed by atoms with Crippen LogP contribution in [0.1, 0.15) is 31.9 Å². The second-order valence-corrected chi connectivity index (χ2v) is 4.78. The minimum absolute atomic E-state index is 0.500. The maximum atomic E-state index is 5.80. The van der Waals surface area contributed by atoms with Crippen molar-refractivity contribution < 1.29 is 0 Å². The Labute approximate surface area is 103 Å². The molecule has 0 N–H and O–H groups in total. The van der Waals surface area contributed by atoms with Crippen molar-refractivity contribution in [1.82, 2.24) is 4.98 Å². The molecule has 2 rings (SSSR count). The molecule has 0 aliphatic carbocycles. The number of pyridine rings is 1. The summed E-state index contributed by atoms with van der Waals surface area (Å²) in [5.41, 5.74) is 0.970. The van der Waals surface area contributed by atoms with E-state index in [1.165, 1.54) is 19.3 Å². The van der Waals surface area contributed by atoms with Gasteiger partial charge in [0, 0.05) is 13.1 Å². The molecule has 1 unspecified atom stereocenters. The first-order valence-corrected chi connectivity index (χ1v) is 6.63. The van der Waals surface area contributed by atoms with Crippen LogP contribution in [0.3, 0.4) is 0 Å². The molecule has 1 aromatic rings. The standard InChI is InChI=1S/C13H19ClN2/c1-2-4-11-7-8-16(10-11)13-6-3-5-12(9-14)15-13/h3,5-6,11H,2,4,7-10H2,1H3. The number of aromatic nitrogens is 1. The van der Waals surface area contributed by atoms with Crippen LogP contribution in [0, 0.1) is 5.92 Å². The molecular formula is C13H19ClN2. The molecule has 0 saturated carbocycles. The fourth-order valence-electron chi connectivity index (χ4n) is 2.40. The van der Waals surface area contributed by atoms with E-state index in [1.807, 2.05) is 12.1 Å². The quantitative estimate of drug-likeness (QED) is 0.747. The van der Waals surface area contributed by atoms with Crippen molar-refractivity contribution in [3.63, 3.8) is 0 Å². The van der Waals surface area contributed by atoms with Crippen LogP contribution in [-0.4, -0.2) is 18.1 Å². The zero-order valence-electron chi connectivity index (χ0n) is 9.82. The van der Waals surface area contributed by atoms with E-state index < -0.39 is 0 Å². The van der Waals surface area contributed by atoms with E-state index in [0.717, 1.165) is 30.5 Å². The van der Waals surface area contributed by atoms with E-state index >= 15 is 0 Å². The second kappa shape index (κ2) is 5.53. The first-order chi connectivity index (χ1) is 7.83. The summed E-state index contributed by atoms with van der Waals surface area (Å²) < 4.78 is 0. The van der Waals surface area contributed by atoms with Gasteiger partial charge in [-0.3, -0.25) is 0 Å². The van der Waals surface area contributed by atoms with Gasteiger partial charge in [0.15, 0.2) is 0 Å². The lowest BCUT2D eigenvalue weighted by Gasteiger charge is -2.17. The van der Waals surface area contributed by atoms with Crippen LogP contribution in [0.25, 0.3) is 0 Å². The number of halogens is 1. The molecule has 2 nitrogen and oxygen atoms in total. The summed E-state index contributed by atoms with van der Waals surface area (Å²) >= 11 is 5.80. The van der Waals surface area contributed by atoms with E-state index in [2.05, 4.69) is 22.9 Å². The molecule has 1 aromatic heterocycles. The van der Waals surface area contributed by atoms with Crippen molar-refractivity contribution in [2.45, 2.75) is 32.1 Å². The molecular weight excluding hydrogens is 220 g/mol. The minimum atomic E-state index is 0.500. The van der Waals surface area contributed by atoms with Crippen LogP contribution in [0.4, 0.5) is 5.82 Å². The predicted molar refractivity (Wildman–Crippen MR) is 69.0 cm³/mol. The van der Waals surface area contributed by atoms with Crippen LogP contribution in [0.15, 0.2) is 18.2 Å². The number of alkyl halides is 1. The molecule has 0 amide bonds. The highest BCUT2D eigenvalue weighted by Gasteiger charge is 2.22. The summed E-state index contributed by atoms with van der Waals surface area (Å²) in [7, 11) is 0. The van der Waals surface area contributed by atoms with Gasteiger partial charge < -0.3 is 4.90 Å². The fraction of sp³-hybridized carbons (Fsp3) is 0.615. The lowest BCUT2D eigenvalue weighted by molar-refractivity contribution is 0.529. The predicted octanol–water partition coefficient (Wildman–Crippen LogP) is 3.45. The summed E-state index contributed by atoms with van der Waals surface area (Å²) in [6.45, 7) is 4.56. The first kappa shape index (κ1) is 11.7. The van der Waals surface area contributed by atoms with Crippen molar-refractivity contribution in [3.05, 3.63) is 23.9 Å². The molecule has 3 heteroatoms. The van der Waals surface area contributed by atoms with E-state index in [4.69, 9.17) is 11.6 Å². The first-order valence-electron chi connectivity index (χ1n) is 6.10. The Morgan fingerprint density at radius 2 is 2.38 bits per heavy atom. The van der Waals surface area contributed by atoms with Gasteiger partial charge in [0.1, 0.15) is 5.82 Å². The Kier molecular flexibility index (Phi) is 4.05. The lowest BCUT2D eigenvalue weighted by atomic mass is 10.0. The summed E-state index contributed by atoms with van der Waals surface area (Å²) in [6.07, 6.45) is 3.93. The molecule has 1 aliphatic rings. The van der Waals surface area contributed by atoms with E-state index in [0.29, 0.717) is 5.88 Å². The van der Waals surface area contributed by atoms with Gasteiger partial charge in [-0.1, -0.05) is 19.4 Å². The van der Waals surface area contributed by atoms with Gasteiger partial charge >= 0.3 is 0 Å². The van der Waals surface area contributed by atoms with Crippen molar-refractivity contribution >= 4 is 17.4 Å². The topological polar surface area (TPSA) is 16.1 Å². The zero-order chi connectivity index (χ0) is 11.4. The Morgan fingerprint density at radius 1 is 1.50 bits per heavy atom. The van der Waals surface area contributed by atoms with Crippen LogP contribution >= 0.6 is 11.6 Å². The van der Waals surface area contributed by atoms with Gasteiger partial charge in [0.25, 0.3) is 0 Å². The minimum Gasteiger partial charge on any atom is -0.356 e. The average Bonchev–Trinajstić information content (AvgIpc) is 2.78. The maximum absolute atomic E-state index is 5.80. The van der Waals surface area contributed by atoms with Crippen molar-refractivity contribution in [3.8, 4) is 0 Å². The van der Waals surface area contributed by atoms with Gasteiger partial charge in [-0.25, -0.2) is 4.98 Å². The molecule has 0 aromatic carbocycles. The van der Waals surface area contributed by atoms with Gasteiger partial charge in [-0.05, 0) is 30.9 Å². The molecule has 88 valence electrons. The number of hydrogen-bond acceptors (Lipinski definition) is 2. The summed E-state index contributed by atoms with van der Waals surface area (Å²) in [5.74, 6) is 2.45. The molecule has 2 heterocycles. The monoisotopic (exact) mass is 238 g/mol. The van der Waals surface area contributed by atoms with Crippen LogP contribution in [-0.2, 0) is 5.88 Å². The molecule has 1 saturated heterocycles. The highest BCUT2D eigenvalue weighted by molar-refractivity contribution is 6.16. The third-order valence-corrected chi connectivity index (χ3v) is 3.51. The summed E-state index contributed by atoms with van der Waals surface area (Å²) in [6, 6.07) is 6.12. The number of rotatable bonds is 4. The number of anilines is 1. The average molecular weight is 239 g/mol. The normalized spacial score (nSPS) is 20.4. The molecule has 1 fully saturated rings. The molecule has 0 spiro atoms. The molecule has 1 atom stereocenters. The summed E-state index contributed by atoms with van der Waals surface area (Å²) in [4.78, 5) is 6.95. The third-order valence-electron chi connectivity index (χ3n) is 3.24. The van der Waals surface area contributed by atoms with Crippen LogP contribution in [0.5, 0.6) is 0 Å². The van der Waals surface area contributed by atoms with Crippen molar-refractivity contribution in [1.29, 1.82) is 0 Å². The molecule has 0 bridgehead atoms. The summed E-state index contributed by atoms with van der Waals surface area (Å²) in [5, 5.41) is 0. The SMILES string of the molecule is CCCC1CCN(c2cccc(CCl)n2)C1. The molecule has 0 radical (unpaired) electrons. The highest BCUT2D eigenvalue weighted by Crippen LogP contribution is 2.25. The smallest absolute Gasteiger partial charge is 0.128 e. The van der Waals surface area contributed by atoms with E-state index in [-0.39, 0.29) is 0 Å². The maximum Gasteiger partial charge on any atom is 0.128 e. The molecule has 16 heavy (non-hydrogen) atoms. The van der Waals surface area contributed by atoms with Gasteiger partial charge in [-0.15, -0.1) is 11.6 Å². The van der Waals surface area contributed by atoms with Crippen LogP contribution < -0.4 is 4.90 Å². The van der Waals surface area contributed by atoms with E-state index in [1.54, 1.807) is 0 Å². The Morgan fingerprint density at radius 3 is 3.12 bits per heavy atom. The van der Waals surface area contributed by atoms with Gasteiger partial charge in [0.05, 0.1) is 11.6 Å². The van der Waals surface area contributed by atoms with Gasteiger partial charge in [-0.2, -0.15) is 0 Å². The number of nitrogens with zero attached hydrogens (tertiary/aromatic N) is 2. The van der Waals surface area contributed by atoms with Crippen molar-refractivity contribution in [2.75, 3.05) is 18.0 Å². The second-order valence-electron chi connectivity index (χ2n) is 4.51. The van der Waals surface area contributed by atoms with Crippen LogP contribution in [0.2, 0.25) is 0 Å². The zero-order valence-corrected chi connectivity index (χ0v) is 10.6. The lowest BCUT2D eigenvalue weighted by Crippen LogP contribution is -2.21. The van der Waals surface area contributed by atoms with E-state index in [9.17, 15) is 0 Å². The Balaban J connectivity index is 2.02. The molecule has 1 aliphatic heterocycles. The Hall–Kier alpha value is -0.760. The van der Waals surface area contributed by atoms with Gasteiger partial charge in [0.2, 0.25) is 0 Å². The van der Waals surface area contributed by atoms with Crippen molar-refractivity contribution in [2.24, 2.45) is 5.92 Å².